The fraction of sp³-hybridized carbons (Fsp3) is 0.0526. The van der Waals surface area contributed by atoms with E-state index < -0.39 is 17.6 Å². The molecule has 0 spiro atoms. The number of carboxylic acid groups (broad SMARTS) is 1. The van der Waals surface area contributed by atoms with E-state index in [1.165, 1.54) is 29.5 Å². The molecular formula is C19H11F2NO2S. The quantitative estimate of drug-likeness (QED) is 0.562. The maximum Gasteiger partial charge on any atom is 0.335 e. The topological polar surface area (TPSA) is 50.2 Å². The Morgan fingerprint density at radius 3 is 2.68 bits per heavy atom. The number of halogens is 2. The molecule has 3 nitrogen and oxygen atoms in total. The number of pyridine rings is 1. The number of rotatable bonds is 3. The zero-order valence-corrected chi connectivity index (χ0v) is 13.6. The van der Waals surface area contributed by atoms with Gasteiger partial charge in [-0.2, -0.15) is 0 Å². The average molecular weight is 355 g/mol. The van der Waals surface area contributed by atoms with Crippen LogP contribution in [0.5, 0.6) is 0 Å². The molecule has 0 radical (unpaired) electrons. The van der Waals surface area contributed by atoms with Crippen LogP contribution < -0.4 is 0 Å². The molecular weight excluding hydrogens is 344 g/mol. The number of carbonyl (C=O) groups is 1. The molecule has 1 N–H and O–H groups in total. The highest BCUT2D eigenvalue weighted by Crippen LogP contribution is 2.32. The van der Waals surface area contributed by atoms with Crippen LogP contribution >= 0.6 is 11.3 Å². The van der Waals surface area contributed by atoms with Gasteiger partial charge in [-0.15, -0.1) is 11.3 Å². The molecule has 0 aliphatic rings. The average Bonchev–Trinajstić information content (AvgIpc) is 3.07. The number of hydrogen-bond acceptors (Lipinski definition) is 3. The van der Waals surface area contributed by atoms with E-state index in [1.54, 1.807) is 12.1 Å². The standard InChI is InChI=1S/C19H11F2NO2S/c20-12-3-1-10(15(21)9-12)7-16-14-5-6-25-18(14)13-4-2-11(19(23)24)8-17(13)22-16/h1-6,8-9H,7H2,(H,23,24). The molecule has 0 saturated carbocycles. The van der Waals surface area contributed by atoms with E-state index in [9.17, 15) is 18.7 Å². The lowest BCUT2D eigenvalue weighted by Gasteiger charge is -2.08. The van der Waals surface area contributed by atoms with Crippen molar-refractivity contribution < 1.29 is 18.7 Å². The van der Waals surface area contributed by atoms with Gasteiger partial charge in [-0.25, -0.2) is 13.6 Å². The first-order chi connectivity index (χ1) is 12.0. The van der Waals surface area contributed by atoms with Gasteiger partial charge >= 0.3 is 5.97 Å². The normalized spacial score (nSPS) is 11.3. The lowest BCUT2D eigenvalue weighted by Crippen LogP contribution is -1.99. The van der Waals surface area contributed by atoms with Gasteiger partial charge in [0.1, 0.15) is 11.6 Å². The highest BCUT2D eigenvalue weighted by Gasteiger charge is 2.14. The summed E-state index contributed by atoms with van der Waals surface area (Å²) in [6.07, 6.45) is 0.201. The predicted molar refractivity (Wildman–Crippen MR) is 93.2 cm³/mol. The Morgan fingerprint density at radius 1 is 1.08 bits per heavy atom. The third-order valence-electron chi connectivity index (χ3n) is 4.09. The van der Waals surface area contributed by atoms with Crippen molar-refractivity contribution in [3.8, 4) is 0 Å². The summed E-state index contributed by atoms with van der Waals surface area (Å²) in [7, 11) is 0. The van der Waals surface area contributed by atoms with Crippen LogP contribution in [0.1, 0.15) is 21.6 Å². The molecule has 0 aliphatic carbocycles. The minimum atomic E-state index is -1.03. The summed E-state index contributed by atoms with van der Waals surface area (Å²) in [5, 5.41) is 12.8. The summed E-state index contributed by atoms with van der Waals surface area (Å²) in [4.78, 5) is 15.8. The number of fused-ring (bicyclic) bond motifs is 3. The molecule has 4 rings (SSSR count). The second-order valence-electron chi connectivity index (χ2n) is 5.67. The van der Waals surface area contributed by atoms with Gasteiger partial charge in [0.05, 0.1) is 16.8 Å². The summed E-state index contributed by atoms with van der Waals surface area (Å²) in [5.41, 5.74) is 1.68. The maximum absolute atomic E-state index is 14.0. The second-order valence-corrected chi connectivity index (χ2v) is 6.59. The Bertz CT molecular complexity index is 1140. The first-order valence-corrected chi connectivity index (χ1v) is 8.38. The molecule has 6 heteroatoms. The first-order valence-electron chi connectivity index (χ1n) is 7.50. The molecule has 0 aliphatic heterocycles. The molecule has 0 unspecified atom stereocenters. The minimum Gasteiger partial charge on any atom is -0.478 e. The number of aromatic carboxylic acids is 1. The van der Waals surface area contributed by atoms with Gasteiger partial charge in [0.2, 0.25) is 0 Å². The number of nitrogens with zero attached hydrogens (tertiary/aromatic N) is 1. The summed E-state index contributed by atoms with van der Waals surface area (Å²) < 4.78 is 28.1. The van der Waals surface area contributed by atoms with E-state index in [2.05, 4.69) is 4.98 Å². The fourth-order valence-corrected chi connectivity index (χ4v) is 3.83. The number of aromatic nitrogens is 1. The van der Waals surface area contributed by atoms with Crippen LogP contribution in [0.2, 0.25) is 0 Å². The van der Waals surface area contributed by atoms with E-state index in [0.717, 1.165) is 21.5 Å². The highest BCUT2D eigenvalue weighted by atomic mass is 32.1. The van der Waals surface area contributed by atoms with E-state index in [-0.39, 0.29) is 12.0 Å². The van der Waals surface area contributed by atoms with E-state index in [0.29, 0.717) is 16.8 Å². The number of thiophene rings is 1. The molecule has 0 saturated heterocycles. The molecule has 2 aromatic heterocycles. The van der Waals surface area contributed by atoms with Gasteiger partial charge < -0.3 is 5.11 Å². The zero-order valence-electron chi connectivity index (χ0n) is 12.8. The zero-order chi connectivity index (χ0) is 17.6. The Hall–Kier alpha value is -2.86. The van der Waals surface area contributed by atoms with Crippen molar-refractivity contribution in [2.24, 2.45) is 0 Å². The van der Waals surface area contributed by atoms with Crippen LogP contribution in [-0.4, -0.2) is 16.1 Å². The van der Waals surface area contributed by atoms with Crippen LogP contribution in [0.4, 0.5) is 8.78 Å². The number of hydrogen-bond donors (Lipinski definition) is 1. The van der Waals surface area contributed by atoms with Gasteiger partial charge in [-0.05, 0) is 35.2 Å². The summed E-state index contributed by atoms with van der Waals surface area (Å²) in [6, 6.07) is 10.2. The van der Waals surface area contributed by atoms with Crippen molar-refractivity contribution in [3.63, 3.8) is 0 Å². The van der Waals surface area contributed by atoms with Crippen LogP contribution in [-0.2, 0) is 6.42 Å². The van der Waals surface area contributed by atoms with Crippen LogP contribution in [0.3, 0.4) is 0 Å². The van der Waals surface area contributed by atoms with Crippen LogP contribution in [0, 0.1) is 11.6 Å². The molecule has 2 heterocycles. The third kappa shape index (κ3) is 2.74. The lowest BCUT2D eigenvalue weighted by molar-refractivity contribution is 0.0697. The molecule has 0 amide bonds. The van der Waals surface area contributed by atoms with Crippen molar-refractivity contribution in [1.82, 2.24) is 4.98 Å². The van der Waals surface area contributed by atoms with Gasteiger partial charge in [0, 0.05) is 28.0 Å². The van der Waals surface area contributed by atoms with Crippen molar-refractivity contribution in [2.75, 3.05) is 0 Å². The molecule has 0 bridgehead atoms. The first kappa shape index (κ1) is 15.7. The minimum absolute atomic E-state index is 0.148. The van der Waals surface area contributed by atoms with Crippen molar-refractivity contribution in [1.29, 1.82) is 0 Å². The molecule has 0 fully saturated rings. The van der Waals surface area contributed by atoms with Crippen molar-refractivity contribution in [2.45, 2.75) is 6.42 Å². The molecule has 2 aromatic carbocycles. The molecule has 124 valence electrons. The largest absolute Gasteiger partial charge is 0.478 e. The van der Waals surface area contributed by atoms with Crippen LogP contribution in [0.15, 0.2) is 47.8 Å². The monoisotopic (exact) mass is 355 g/mol. The van der Waals surface area contributed by atoms with Gasteiger partial charge in [0.15, 0.2) is 0 Å². The SMILES string of the molecule is O=C(O)c1ccc2c(c1)nc(Cc1ccc(F)cc1F)c1ccsc12. The van der Waals surface area contributed by atoms with Gasteiger partial charge in [0.25, 0.3) is 0 Å². The fourth-order valence-electron chi connectivity index (χ4n) is 2.88. The lowest BCUT2D eigenvalue weighted by atomic mass is 10.0. The molecule has 0 atom stereocenters. The van der Waals surface area contributed by atoms with Crippen molar-refractivity contribution in [3.05, 3.63) is 76.3 Å². The Morgan fingerprint density at radius 2 is 1.92 bits per heavy atom. The highest BCUT2D eigenvalue weighted by molar-refractivity contribution is 7.18. The Kier molecular flexibility index (Phi) is 3.69. The summed E-state index contributed by atoms with van der Waals surface area (Å²) >= 11 is 1.52. The number of benzene rings is 2. The molecule has 25 heavy (non-hydrogen) atoms. The smallest absolute Gasteiger partial charge is 0.335 e. The maximum atomic E-state index is 14.0. The summed E-state index contributed by atoms with van der Waals surface area (Å²) in [6.45, 7) is 0. The predicted octanol–water partition coefficient (Wildman–Crippen LogP) is 5.02. The van der Waals surface area contributed by atoms with Gasteiger partial charge in [-0.3, -0.25) is 4.98 Å². The second kappa shape index (κ2) is 5.89. The Labute approximate surface area is 145 Å². The molecule has 4 aromatic rings. The van der Waals surface area contributed by atoms with E-state index in [1.807, 2.05) is 11.4 Å². The summed E-state index contributed by atoms with van der Waals surface area (Å²) in [5.74, 6) is -2.27. The van der Waals surface area contributed by atoms with E-state index >= 15 is 0 Å². The van der Waals surface area contributed by atoms with E-state index in [4.69, 9.17) is 0 Å². The van der Waals surface area contributed by atoms with Gasteiger partial charge in [-0.1, -0.05) is 12.1 Å². The van der Waals surface area contributed by atoms with Crippen LogP contribution in [0.25, 0.3) is 21.0 Å². The number of carboxylic acids is 1. The Balaban J connectivity index is 1.91. The third-order valence-corrected chi connectivity index (χ3v) is 5.04. The van der Waals surface area contributed by atoms with Crippen molar-refractivity contribution >= 4 is 38.3 Å².